The van der Waals surface area contributed by atoms with E-state index in [4.69, 9.17) is 0 Å². The summed E-state index contributed by atoms with van der Waals surface area (Å²) in [6.07, 6.45) is 1.06. The van der Waals surface area contributed by atoms with Gasteiger partial charge < -0.3 is 0 Å². The molecule has 16 heavy (non-hydrogen) atoms. The highest BCUT2D eigenvalue weighted by atomic mass is 19.3. The summed E-state index contributed by atoms with van der Waals surface area (Å²) in [5.41, 5.74) is 0.167. The molecule has 94 valence electrons. The number of hydrogen-bond donors (Lipinski definition) is 0. The smallest absolute Gasteiger partial charge is 0.257 e. The van der Waals surface area contributed by atoms with Crippen LogP contribution < -0.4 is 0 Å². The molecule has 2 bridgehead atoms. The summed E-state index contributed by atoms with van der Waals surface area (Å²) in [6.45, 7) is 9.30. The van der Waals surface area contributed by atoms with E-state index in [1.54, 1.807) is 0 Å². The van der Waals surface area contributed by atoms with Gasteiger partial charge in [-0.1, -0.05) is 0 Å². The Bertz CT molecular complexity index is 267. The molecule has 2 saturated heterocycles. The van der Waals surface area contributed by atoms with Gasteiger partial charge in [0, 0.05) is 37.6 Å². The third-order valence-electron chi connectivity index (χ3n) is 3.70. The average Bonchev–Trinajstić information content (AvgIpc) is 2.56. The van der Waals surface area contributed by atoms with Gasteiger partial charge in [-0.25, -0.2) is 8.78 Å². The molecular weight excluding hydrogens is 210 g/mol. The van der Waals surface area contributed by atoms with E-state index in [9.17, 15) is 8.78 Å². The number of hydrogen-bond acceptors (Lipinski definition) is 2. The summed E-state index contributed by atoms with van der Waals surface area (Å²) in [4.78, 5) is 4.43. The fraction of sp³-hybridized carbons (Fsp3) is 1.00. The Balaban J connectivity index is 1.96. The van der Waals surface area contributed by atoms with Gasteiger partial charge >= 0.3 is 0 Å². The molecule has 0 aromatic heterocycles. The topological polar surface area (TPSA) is 6.48 Å². The SMILES string of the molecule is CC(F)(F)CN1C[C@@H]2C[C@H]1CN2C(C)(C)C. The molecule has 0 N–H and O–H groups in total. The van der Waals surface area contributed by atoms with Crippen LogP contribution in [0, 0.1) is 0 Å². The summed E-state index contributed by atoms with van der Waals surface area (Å²) < 4.78 is 25.9. The molecule has 4 heteroatoms. The Morgan fingerprint density at radius 3 is 2.06 bits per heavy atom. The van der Waals surface area contributed by atoms with Crippen molar-refractivity contribution in [3.05, 3.63) is 0 Å². The lowest BCUT2D eigenvalue weighted by Crippen LogP contribution is -2.54. The number of fused-ring (bicyclic) bond motifs is 2. The highest BCUT2D eigenvalue weighted by Crippen LogP contribution is 2.36. The van der Waals surface area contributed by atoms with Crippen molar-refractivity contribution in [1.82, 2.24) is 9.80 Å². The maximum atomic E-state index is 13.0. The first-order valence-electron chi connectivity index (χ1n) is 6.05. The second-order valence-corrected chi connectivity index (χ2v) is 6.37. The van der Waals surface area contributed by atoms with Gasteiger partial charge in [-0.05, 0) is 27.2 Å². The van der Waals surface area contributed by atoms with E-state index in [-0.39, 0.29) is 12.1 Å². The minimum atomic E-state index is -2.56. The Morgan fingerprint density at radius 2 is 1.69 bits per heavy atom. The summed E-state index contributed by atoms with van der Waals surface area (Å²) >= 11 is 0. The molecule has 0 saturated carbocycles. The Hall–Kier alpha value is -0.220. The number of halogens is 2. The van der Waals surface area contributed by atoms with E-state index in [0.717, 1.165) is 26.4 Å². The minimum Gasteiger partial charge on any atom is -0.293 e. The molecule has 0 spiro atoms. The maximum absolute atomic E-state index is 13.0. The summed E-state index contributed by atoms with van der Waals surface area (Å²) in [5.74, 6) is -2.56. The molecule has 2 aliphatic heterocycles. The largest absolute Gasteiger partial charge is 0.293 e. The van der Waals surface area contributed by atoms with Gasteiger partial charge in [0.25, 0.3) is 5.92 Å². The van der Waals surface area contributed by atoms with Crippen molar-refractivity contribution in [2.24, 2.45) is 0 Å². The molecule has 2 nitrogen and oxygen atoms in total. The molecular formula is C12H22F2N2. The molecule has 2 fully saturated rings. The molecule has 0 aliphatic carbocycles. The number of rotatable bonds is 2. The van der Waals surface area contributed by atoms with E-state index in [2.05, 4.69) is 25.7 Å². The molecule has 0 aromatic carbocycles. The first-order chi connectivity index (χ1) is 7.17. The Kier molecular flexibility index (Phi) is 2.78. The summed E-state index contributed by atoms with van der Waals surface area (Å²) in [6, 6.07) is 0.822. The Labute approximate surface area is 96.6 Å². The van der Waals surface area contributed by atoms with Crippen molar-refractivity contribution < 1.29 is 8.78 Å². The van der Waals surface area contributed by atoms with E-state index in [1.165, 1.54) is 0 Å². The van der Waals surface area contributed by atoms with Crippen molar-refractivity contribution in [2.45, 2.75) is 57.7 Å². The monoisotopic (exact) mass is 232 g/mol. The summed E-state index contributed by atoms with van der Waals surface area (Å²) in [7, 11) is 0. The van der Waals surface area contributed by atoms with Gasteiger partial charge in [-0.3, -0.25) is 9.80 Å². The second kappa shape index (κ2) is 3.64. The number of piperazine rings is 1. The first kappa shape index (κ1) is 12.2. The average molecular weight is 232 g/mol. The zero-order valence-electron chi connectivity index (χ0n) is 10.6. The number of nitrogens with zero attached hydrogens (tertiary/aromatic N) is 2. The zero-order valence-corrected chi connectivity index (χ0v) is 10.6. The molecule has 2 aliphatic rings. The van der Waals surface area contributed by atoms with Gasteiger partial charge in [0.2, 0.25) is 0 Å². The van der Waals surface area contributed by atoms with Crippen LogP contribution >= 0.6 is 0 Å². The third kappa shape index (κ3) is 2.38. The standard InChI is InChI=1S/C12H22F2N2/c1-11(2,3)16-7-9-5-10(16)6-15(9)8-12(4,13)14/h9-10H,5-8H2,1-4H3/t9-,10-/m0/s1. The lowest BCUT2D eigenvalue weighted by Gasteiger charge is -2.42. The first-order valence-corrected chi connectivity index (χ1v) is 6.05. The van der Waals surface area contributed by atoms with Crippen molar-refractivity contribution in [3.63, 3.8) is 0 Å². The predicted octanol–water partition coefficient (Wildman–Crippen LogP) is 2.20. The molecule has 0 unspecified atom stereocenters. The number of alkyl halides is 2. The van der Waals surface area contributed by atoms with Crippen molar-refractivity contribution in [3.8, 4) is 0 Å². The third-order valence-corrected chi connectivity index (χ3v) is 3.70. The van der Waals surface area contributed by atoms with Crippen LogP contribution in [0.4, 0.5) is 8.78 Å². The lowest BCUT2D eigenvalue weighted by molar-refractivity contribution is -0.0355. The van der Waals surface area contributed by atoms with E-state index in [0.29, 0.717) is 12.1 Å². The minimum absolute atomic E-state index is 0.0772. The molecule has 2 atom stereocenters. The highest BCUT2D eigenvalue weighted by molar-refractivity contribution is 5.03. The van der Waals surface area contributed by atoms with Crippen LogP contribution in [0.1, 0.15) is 34.1 Å². The van der Waals surface area contributed by atoms with Crippen molar-refractivity contribution >= 4 is 0 Å². The van der Waals surface area contributed by atoms with Crippen LogP contribution in [0.25, 0.3) is 0 Å². The van der Waals surface area contributed by atoms with E-state index < -0.39 is 5.92 Å². The van der Waals surface area contributed by atoms with Crippen molar-refractivity contribution in [1.29, 1.82) is 0 Å². The molecule has 2 heterocycles. The van der Waals surface area contributed by atoms with Crippen LogP contribution in [-0.2, 0) is 0 Å². The van der Waals surface area contributed by atoms with Crippen LogP contribution in [0.5, 0.6) is 0 Å². The van der Waals surface area contributed by atoms with Crippen LogP contribution in [0.2, 0.25) is 0 Å². The van der Waals surface area contributed by atoms with Crippen LogP contribution in [0.15, 0.2) is 0 Å². The zero-order chi connectivity index (χ0) is 12.1. The maximum Gasteiger partial charge on any atom is 0.257 e. The Morgan fingerprint density at radius 1 is 1.06 bits per heavy atom. The second-order valence-electron chi connectivity index (χ2n) is 6.37. The van der Waals surface area contributed by atoms with Crippen LogP contribution in [0.3, 0.4) is 0 Å². The predicted molar refractivity (Wildman–Crippen MR) is 60.8 cm³/mol. The highest BCUT2D eigenvalue weighted by Gasteiger charge is 2.48. The quantitative estimate of drug-likeness (QED) is 0.720. The van der Waals surface area contributed by atoms with Gasteiger partial charge in [0.15, 0.2) is 0 Å². The fourth-order valence-electron chi connectivity index (χ4n) is 3.12. The molecule has 2 rings (SSSR count). The molecule has 0 radical (unpaired) electrons. The molecule has 0 aromatic rings. The van der Waals surface area contributed by atoms with Gasteiger partial charge in [-0.2, -0.15) is 0 Å². The van der Waals surface area contributed by atoms with Crippen LogP contribution in [-0.4, -0.2) is 53.0 Å². The fourth-order valence-corrected chi connectivity index (χ4v) is 3.12. The normalized spacial score (nSPS) is 32.6. The van der Waals surface area contributed by atoms with Crippen molar-refractivity contribution in [2.75, 3.05) is 19.6 Å². The van der Waals surface area contributed by atoms with Gasteiger partial charge in [0.05, 0.1) is 6.54 Å². The molecule has 0 amide bonds. The van der Waals surface area contributed by atoms with Gasteiger partial charge in [-0.15, -0.1) is 0 Å². The van der Waals surface area contributed by atoms with E-state index in [1.807, 2.05) is 4.90 Å². The van der Waals surface area contributed by atoms with E-state index >= 15 is 0 Å². The summed E-state index contributed by atoms with van der Waals surface area (Å²) in [5, 5.41) is 0. The lowest BCUT2D eigenvalue weighted by atomic mass is 10.0. The van der Waals surface area contributed by atoms with Gasteiger partial charge in [0.1, 0.15) is 0 Å². The number of likely N-dealkylation sites (tertiary alicyclic amines) is 2.